The van der Waals surface area contributed by atoms with Crippen molar-refractivity contribution in [3.8, 4) is 0 Å². The van der Waals surface area contributed by atoms with Crippen LogP contribution < -0.4 is 5.32 Å². The van der Waals surface area contributed by atoms with Gasteiger partial charge in [-0.05, 0) is 65.9 Å². The SMILES string of the molecule is OC(CNCCc1ccc(Cc2ccc(Cl)cc2)cc1)c1cccc(Cl)c1. The first-order chi connectivity index (χ1) is 13.1. The van der Waals surface area contributed by atoms with Crippen molar-refractivity contribution in [2.24, 2.45) is 0 Å². The summed E-state index contributed by atoms with van der Waals surface area (Å²) in [5.74, 6) is 0. The molecule has 1 unspecified atom stereocenters. The van der Waals surface area contributed by atoms with Crippen LogP contribution in [0.15, 0.2) is 72.8 Å². The van der Waals surface area contributed by atoms with Gasteiger partial charge in [0, 0.05) is 16.6 Å². The summed E-state index contributed by atoms with van der Waals surface area (Å²) in [5.41, 5.74) is 4.65. The molecule has 0 aromatic heterocycles. The van der Waals surface area contributed by atoms with Gasteiger partial charge < -0.3 is 10.4 Å². The highest BCUT2D eigenvalue weighted by Crippen LogP contribution is 2.17. The van der Waals surface area contributed by atoms with E-state index in [9.17, 15) is 5.11 Å². The van der Waals surface area contributed by atoms with E-state index >= 15 is 0 Å². The first-order valence-electron chi connectivity index (χ1n) is 9.06. The summed E-state index contributed by atoms with van der Waals surface area (Å²) >= 11 is 11.9. The van der Waals surface area contributed by atoms with Gasteiger partial charge in [-0.15, -0.1) is 0 Å². The van der Waals surface area contributed by atoms with Gasteiger partial charge in [-0.1, -0.05) is 71.7 Å². The van der Waals surface area contributed by atoms with Crippen LogP contribution >= 0.6 is 23.2 Å². The Morgan fingerprint density at radius 3 is 2.07 bits per heavy atom. The molecule has 0 saturated carbocycles. The summed E-state index contributed by atoms with van der Waals surface area (Å²) in [7, 11) is 0. The lowest BCUT2D eigenvalue weighted by atomic mass is 10.0. The number of hydrogen-bond acceptors (Lipinski definition) is 2. The highest BCUT2D eigenvalue weighted by Gasteiger charge is 2.07. The Hall–Kier alpha value is -1.84. The van der Waals surface area contributed by atoms with Crippen molar-refractivity contribution < 1.29 is 5.11 Å². The molecule has 0 amide bonds. The highest BCUT2D eigenvalue weighted by molar-refractivity contribution is 6.30. The van der Waals surface area contributed by atoms with Crippen LogP contribution in [0.1, 0.15) is 28.4 Å². The molecule has 0 radical (unpaired) electrons. The number of halogens is 2. The second-order valence-corrected chi connectivity index (χ2v) is 7.52. The number of aliphatic hydroxyl groups excluding tert-OH is 1. The van der Waals surface area contributed by atoms with Crippen molar-refractivity contribution >= 4 is 23.2 Å². The summed E-state index contributed by atoms with van der Waals surface area (Å²) in [4.78, 5) is 0. The van der Waals surface area contributed by atoms with Gasteiger partial charge in [-0.25, -0.2) is 0 Å². The molecule has 0 aliphatic rings. The molecule has 0 saturated heterocycles. The molecule has 3 aromatic carbocycles. The van der Waals surface area contributed by atoms with E-state index < -0.39 is 6.10 Å². The summed E-state index contributed by atoms with van der Waals surface area (Å²) in [6.07, 6.45) is 1.27. The van der Waals surface area contributed by atoms with E-state index in [1.165, 1.54) is 16.7 Å². The van der Waals surface area contributed by atoms with E-state index in [0.717, 1.165) is 30.0 Å². The first-order valence-corrected chi connectivity index (χ1v) is 9.82. The highest BCUT2D eigenvalue weighted by atomic mass is 35.5. The fourth-order valence-electron chi connectivity index (χ4n) is 2.96. The Morgan fingerprint density at radius 2 is 1.41 bits per heavy atom. The minimum absolute atomic E-state index is 0.509. The summed E-state index contributed by atoms with van der Waals surface area (Å²) in [6.45, 7) is 1.32. The summed E-state index contributed by atoms with van der Waals surface area (Å²) in [5, 5.41) is 14.9. The molecule has 4 heteroatoms. The predicted octanol–water partition coefficient (Wildman–Crippen LogP) is 5.45. The van der Waals surface area contributed by atoms with E-state index in [2.05, 4.69) is 41.7 Å². The molecule has 0 aliphatic heterocycles. The van der Waals surface area contributed by atoms with Crippen LogP contribution in [0.4, 0.5) is 0 Å². The van der Waals surface area contributed by atoms with Crippen LogP contribution in [-0.4, -0.2) is 18.2 Å². The van der Waals surface area contributed by atoms with Gasteiger partial charge >= 0.3 is 0 Å². The average Bonchev–Trinajstić information content (AvgIpc) is 2.68. The lowest BCUT2D eigenvalue weighted by Crippen LogP contribution is -2.23. The third-order valence-electron chi connectivity index (χ3n) is 4.51. The van der Waals surface area contributed by atoms with Crippen molar-refractivity contribution in [3.05, 3.63) is 105 Å². The number of aliphatic hydroxyl groups is 1. The molecule has 3 rings (SSSR count). The van der Waals surface area contributed by atoms with Gasteiger partial charge in [0.2, 0.25) is 0 Å². The maximum atomic E-state index is 10.2. The van der Waals surface area contributed by atoms with Gasteiger partial charge in [0.15, 0.2) is 0 Å². The van der Waals surface area contributed by atoms with Crippen molar-refractivity contribution in [2.75, 3.05) is 13.1 Å². The zero-order valence-electron chi connectivity index (χ0n) is 15.0. The van der Waals surface area contributed by atoms with Gasteiger partial charge in [-0.2, -0.15) is 0 Å². The second-order valence-electron chi connectivity index (χ2n) is 6.64. The standard InChI is InChI=1S/C23H23Cl2NO/c24-21-10-8-19(9-11-21)14-18-6-4-17(5-7-18)12-13-26-16-23(27)20-2-1-3-22(25)15-20/h1-11,15,23,26-27H,12-14,16H2. The molecule has 3 aromatic rings. The molecule has 1 atom stereocenters. The van der Waals surface area contributed by atoms with Gasteiger partial charge in [0.25, 0.3) is 0 Å². The summed E-state index contributed by atoms with van der Waals surface area (Å²) < 4.78 is 0. The molecular formula is C23H23Cl2NO. The van der Waals surface area contributed by atoms with Gasteiger partial charge in [0.05, 0.1) is 6.10 Å². The fraction of sp³-hybridized carbons (Fsp3) is 0.217. The third kappa shape index (κ3) is 6.37. The van der Waals surface area contributed by atoms with Crippen LogP contribution in [0.25, 0.3) is 0 Å². The topological polar surface area (TPSA) is 32.3 Å². The first kappa shape index (κ1) is 19.9. The van der Waals surface area contributed by atoms with Crippen molar-refractivity contribution in [1.29, 1.82) is 0 Å². The number of rotatable bonds is 8. The van der Waals surface area contributed by atoms with Crippen LogP contribution in [-0.2, 0) is 12.8 Å². The van der Waals surface area contributed by atoms with E-state index in [1.54, 1.807) is 6.07 Å². The van der Waals surface area contributed by atoms with E-state index in [4.69, 9.17) is 23.2 Å². The molecule has 0 spiro atoms. The Morgan fingerprint density at radius 1 is 0.778 bits per heavy atom. The molecule has 0 aliphatic carbocycles. The molecule has 2 nitrogen and oxygen atoms in total. The normalized spacial score (nSPS) is 12.1. The van der Waals surface area contributed by atoms with Crippen LogP contribution in [0.5, 0.6) is 0 Å². The molecule has 140 valence electrons. The fourth-order valence-corrected chi connectivity index (χ4v) is 3.29. The molecule has 27 heavy (non-hydrogen) atoms. The smallest absolute Gasteiger partial charge is 0.0914 e. The minimum atomic E-state index is -0.551. The zero-order valence-corrected chi connectivity index (χ0v) is 16.5. The average molecular weight is 400 g/mol. The quantitative estimate of drug-likeness (QED) is 0.493. The van der Waals surface area contributed by atoms with E-state index in [1.807, 2.05) is 30.3 Å². The maximum absolute atomic E-state index is 10.2. The number of nitrogens with one attached hydrogen (secondary N) is 1. The Labute approximate surface area is 170 Å². The Kier molecular flexibility index (Phi) is 7.31. The van der Waals surface area contributed by atoms with Crippen LogP contribution in [0, 0.1) is 0 Å². The Balaban J connectivity index is 1.43. The van der Waals surface area contributed by atoms with Crippen molar-refractivity contribution in [1.82, 2.24) is 5.32 Å². The van der Waals surface area contributed by atoms with E-state index in [0.29, 0.717) is 11.6 Å². The van der Waals surface area contributed by atoms with Crippen molar-refractivity contribution in [2.45, 2.75) is 18.9 Å². The van der Waals surface area contributed by atoms with Crippen LogP contribution in [0.3, 0.4) is 0 Å². The molecule has 0 bridgehead atoms. The maximum Gasteiger partial charge on any atom is 0.0914 e. The molecule has 0 heterocycles. The zero-order chi connectivity index (χ0) is 19.1. The minimum Gasteiger partial charge on any atom is -0.387 e. The second kappa shape index (κ2) is 9.91. The predicted molar refractivity (Wildman–Crippen MR) is 114 cm³/mol. The van der Waals surface area contributed by atoms with E-state index in [-0.39, 0.29) is 0 Å². The third-order valence-corrected chi connectivity index (χ3v) is 4.99. The van der Waals surface area contributed by atoms with Gasteiger partial charge in [0.1, 0.15) is 0 Å². The molecule has 0 fully saturated rings. The van der Waals surface area contributed by atoms with Gasteiger partial charge in [-0.3, -0.25) is 0 Å². The largest absolute Gasteiger partial charge is 0.387 e. The van der Waals surface area contributed by atoms with Crippen LogP contribution in [0.2, 0.25) is 10.0 Å². The molecular weight excluding hydrogens is 377 g/mol. The number of hydrogen-bond donors (Lipinski definition) is 2. The lowest BCUT2D eigenvalue weighted by Gasteiger charge is -2.12. The lowest BCUT2D eigenvalue weighted by molar-refractivity contribution is 0.175. The number of benzene rings is 3. The van der Waals surface area contributed by atoms with Crippen molar-refractivity contribution in [3.63, 3.8) is 0 Å². The molecule has 2 N–H and O–H groups in total. The Bertz CT molecular complexity index is 847. The summed E-state index contributed by atoms with van der Waals surface area (Å²) in [6, 6.07) is 24.0. The monoisotopic (exact) mass is 399 g/mol.